The average Bonchev–Trinajstić information content (AvgIpc) is 2.60. The lowest BCUT2D eigenvalue weighted by Crippen LogP contribution is -2.10. The SMILES string of the molecule is CC1=C(/C=C/C(C)=C/C=C/C(C)=C/C(=O)O)[C@@H](c2ccccn2)CCC1. The van der Waals surface area contributed by atoms with Gasteiger partial charge in [0, 0.05) is 23.9 Å². The zero-order valence-corrected chi connectivity index (χ0v) is 15.8. The van der Waals surface area contributed by atoms with E-state index in [4.69, 9.17) is 5.11 Å². The Labute approximate surface area is 156 Å². The summed E-state index contributed by atoms with van der Waals surface area (Å²) in [6.45, 7) is 6.04. The van der Waals surface area contributed by atoms with Gasteiger partial charge in [-0.15, -0.1) is 0 Å². The molecule has 1 heterocycles. The van der Waals surface area contributed by atoms with Gasteiger partial charge in [-0.25, -0.2) is 4.79 Å². The summed E-state index contributed by atoms with van der Waals surface area (Å²) in [6, 6.07) is 6.12. The molecule has 0 bridgehead atoms. The first-order chi connectivity index (χ1) is 12.5. The fraction of sp³-hybridized carbons (Fsp3) is 0.304. The van der Waals surface area contributed by atoms with Gasteiger partial charge in [0.25, 0.3) is 0 Å². The van der Waals surface area contributed by atoms with Crippen molar-refractivity contribution in [1.29, 1.82) is 0 Å². The molecule has 1 aliphatic rings. The molecule has 0 unspecified atom stereocenters. The van der Waals surface area contributed by atoms with Gasteiger partial charge in [-0.3, -0.25) is 4.98 Å². The number of hydrogen-bond donors (Lipinski definition) is 1. The Bertz CT molecular complexity index is 780. The standard InChI is InChI=1S/C23H27NO2/c1-17(8-6-9-18(2)16-23(25)26)13-14-20-19(3)10-7-11-21(20)22-12-4-5-15-24-22/h4-6,8-9,12-16,21H,7,10-11H2,1-3H3,(H,25,26)/b9-6+,14-13+,17-8+,18-16+/t21-/m0/s1. The Kier molecular flexibility index (Phi) is 7.34. The summed E-state index contributed by atoms with van der Waals surface area (Å²) in [5, 5.41) is 8.72. The minimum absolute atomic E-state index is 0.366. The monoisotopic (exact) mass is 349 g/mol. The molecular formula is C23H27NO2. The Morgan fingerprint density at radius 1 is 1.23 bits per heavy atom. The predicted octanol–water partition coefficient (Wildman–Crippen LogP) is 5.76. The zero-order chi connectivity index (χ0) is 18.9. The van der Waals surface area contributed by atoms with Gasteiger partial charge in [0.15, 0.2) is 0 Å². The lowest BCUT2D eigenvalue weighted by molar-refractivity contribution is -0.131. The molecule has 1 N–H and O–H groups in total. The first-order valence-corrected chi connectivity index (χ1v) is 9.02. The second kappa shape index (κ2) is 9.71. The maximum Gasteiger partial charge on any atom is 0.328 e. The molecule has 0 aromatic carbocycles. The van der Waals surface area contributed by atoms with Crippen LogP contribution in [0.15, 0.2) is 83.1 Å². The van der Waals surface area contributed by atoms with E-state index in [2.05, 4.69) is 36.2 Å². The van der Waals surface area contributed by atoms with Crippen LogP contribution >= 0.6 is 0 Å². The van der Waals surface area contributed by atoms with Crippen molar-refractivity contribution in [3.05, 3.63) is 88.8 Å². The highest BCUT2D eigenvalue weighted by atomic mass is 16.4. The second-order valence-corrected chi connectivity index (χ2v) is 6.76. The minimum Gasteiger partial charge on any atom is -0.478 e. The van der Waals surface area contributed by atoms with Gasteiger partial charge < -0.3 is 5.11 Å². The third-order valence-electron chi connectivity index (χ3n) is 4.55. The molecule has 136 valence electrons. The second-order valence-electron chi connectivity index (χ2n) is 6.76. The van der Waals surface area contributed by atoms with Crippen LogP contribution in [-0.4, -0.2) is 16.1 Å². The molecule has 26 heavy (non-hydrogen) atoms. The average molecular weight is 349 g/mol. The van der Waals surface area contributed by atoms with Gasteiger partial charge >= 0.3 is 5.97 Å². The molecule has 3 heteroatoms. The zero-order valence-electron chi connectivity index (χ0n) is 15.8. The van der Waals surface area contributed by atoms with E-state index < -0.39 is 5.97 Å². The summed E-state index contributed by atoms with van der Waals surface area (Å²) in [5.41, 5.74) is 5.78. The van der Waals surface area contributed by atoms with E-state index >= 15 is 0 Å². The van der Waals surface area contributed by atoms with Crippen LogP contribution in [0.3, 0.4) is 0 Å². The normalized spacial score (nSPS) is 19.6. The highest BCUT2D eigenvalue weighted by Crippen LogP contribution is 2.37. The van der Waals surface area contributed by atoms with Gasteiger partial charge in [-0.05, 0) is 63.3 Å². The maximum absolute atomic E-state index is 10.6. The lowest BCUT2D eigenvalue weighted by Gasteiger charge is -2.25. The van der Waals surface area contributed by atoms with Crippen molar-refractivity contribution in [3.8, 4) is 0 Å². The largest absolute Gasteiger partial charge is 0.478 e. The number of carboxylic acid groups (broad SMARTS) is 1. The lowest BCUT2D eigenvalue weighted by atomic mass is 9.81. The van der Waals surface area contributed by atoms with Gasteiger partial charge in [0.2, 0.25) is 0 Å². The Balaban J connectivity index is 2.14. The van der Waals surface area contributed by atoms with E-state index in [0.29, 0.717) is 11.5 Å². The quantitative estimate of drug-likeness (QED) is 0.525. The molecule has 1 aromatic heterocycles. The van der Waals surface area contributed by atoms with Crippen LogP contribution in [0, 0.1) is 0 Å². The summed E-state index contributed by atoms with van der Waals surface area (Å²) in [6.07, 6.45) is 16.6. The van der Waals surface area contributed by atoms with E-state index in [0.717, 1.165) is 24.1 Å². The first kappa shape index (κ1) is 19.6. The van der Waals surface area contributed by atoms with Crippen molar-refractivity contribution in [2.45, 2.75) is 46.0 Å². The Hall–Kier alpha value is -2.68. The summed E-state index contributed by atoms with van der Waals surface area (Å²) in [7, 11) is 0. The van der Waals surface area contributed by atoms with E-state index in [1.807, 2.05) is 31.3 Å². The highest BCUT2D eigenvalue weighted by molar-refractivity contribution is 5.81. The van der Waals surface area contributed by atoms with E-state index in [-0.39, 0.29) is 0 Å². The molecule has 3 nitrogen and oxygen atoms in total. The van der Waals surface area contributed by atoms with E-state index in [1.54, 1.807) is 13.0 Å². The van der Waals surface area contributed by atoms with E-state index in [9.17, 15) is 4.79 Å². The van der Waals surface area contributed by atoms with Crippen molar-refractivity contribution in [2.24, 2.45) is 0 Å². The van der Waals surface area contributed by atoms with Crippen molar-refractivity contribution in [1.82, 2.24) is 4.98 Å². The van der Waals surface area contributed by atoms with Crippen molar-refractivity contribution in [2.75, 3.05) is 0 Å². The molecule has 0 saturated carbocycles. The molecule has 1 aliphatic carbocycles. The van der Waals surface area contributed by atoms with Gasteiger partial charge in [-0.1, -0.05) is 47.6 Å². The number of aromatic nitrogens is 1. The first-order valence-electron chi connectivity index (χ1n) is 9.02. The van der Waals surface area contributed by atoms with Crippen LogP contribution in [-0.2, 0) is 4.79 Å². The van der Waals surface area contributed by atoms with Gasteiger partial charge in [0.05, 0.1) is 0 Å². The summed E-state index contributed by atoms with van der Waals surface area (Å²) in [4.78, 5) is 15.2. The van der Waals surface area contributed by atoms with Gasteiger partial charge in [0.1, 0.15) is 0 Å². The number of pyridine rings is 1. The topological polar surface area (TPSA) is 50.2 Å². The van der Waals surface area contributed by atoms with Crippen LogP contribution < -0.4 is 0 Å². The number of nitrogens with zero attached hydrogens (tertiary/aromatic N) is 1. The Morgan fingerprint density at radius 2 is 2.04 bits per heavy atom. The molecule has 0 fully saturated rings. The number of aliphatic carboxylic acids is 1. The number of carboxylic acids is 1. The summed E-state index contributed by atoms with van der Waals surface area (Å²) in [5.74, 6) is -0.557. The fourth-order valence-electron chi connectivity index (χ4n) is 3.19. The van der Waals surface area contributed by atoms with E-state index in [1.165, 1.54) is 23.6 Å². The third kappa shape index (κ3) is 5.99. The van der Waals surface area contributed by atoms with Gasteiger partial charge in [-0.2, -0.15) is 0 Å². The fourth-order valence-corrected chi connectivity index (χ4v) is 3.19. The van der Waals surface area contributed by atoms with Crippen LogP contribution in [0.5, 0.6) is 0 Å². The molecular weight excluding hydrogens is 322 g/mol. The molecule has 1 atom stereocenters. The van der Waals surface area contributed by atoms with Crippen LogP contribution in [0.2, 0.25) is 0 Å². The minimum atomic E-state index is -0.923. The molecule has 1 aromatic rings. The third-order valence-corrected chi connectivity index (χ3v) is 4.55. The summed E-state index contributed by atoms with van der Waals surface area (Å²) < 4.78 is 0. The molecule has 2 rings (SSSR count). The molecule has 0 radical (unpaired) electrons. The Morgan fingerprint density at radius 3 is 2.73 bits per heavy atom. The van der Waals surface area contributed by atoms with Crippen molar-refractivity contribution in [3.63, 3.8) is 0 Å². The van der Waals surface area contributed by atoms with Crippen molar-refractivity contribution < 1.29 is 9.90 Å². The molecule has 0 aliphatic heterocycles. The molecule has 0 spiro atoms. The number of allylic oxidation sites excluding steroid dienone is 9. The number of rotatable bonds is 6. The predicted molar refractivity (Wildman–Crippen MR) is 107 cm³/mol. The molecule has 0 saturated heterocycles. The van der Waals surface area contributed by atoms with Crippen LogP contribution in [0.4, 0.5) is 0 Å². The van der Waals surface area contributed by atoms with Crippen LogP contribution in [0.1, 0.15) is 51.6 Å². The highest BCUT2D eigenvalue weighted by Gasteiger charge is 2.21. The molecule has 0 amide bonds. The van der Waals surface area contributed by atoms with Crippen molar-refractivity contribution >= 4 is 5.97 Å². The summed E-state index contributed by atoms with van der Waals surface area (Å²) >= 11 is 0. The smallest absolute Gasteiger partial charge is 0.328 e. The van der Waals surface area contributed by atoms with Crippen LogP contribution in [0.25, 0.3) is 0 Å². The number of carbonyl (C=O) groups is 1. The maximum atomic E-state index is 10.6. The number of hydrogen-bond acceptors (Lipinski definition) is 2.